The highest BCUT2D eigenvalue weighted by molar-refractivity contribution is 6.62. The Kier molecular flexibility index (Phi) is 4.24. The van der Waals surface area contributed by atoms with Crippen LogP contribution in [0.5, 0.6) is 5.75 Å². The second kappa shape index (κ2) is 5.74. The van der Waals surface area contributed by atoms with E-state index in [1.807, 2.05) is 33.8 Å². The normalized spacial score (nSPS) is 27.5. The van der Waals surface area contributed by atoms with Crippen LogP contribution in [0.25, 0.3) is 0 Å². The largest absolute Gasteiger partial charge is 0.495 e. The summed E-state index contributed by atoms with van der Waals surface area (Å²) in [7, 11) is -0.576. The predicted molar refractivity (Wildman–Crippen MR) is 94.2 cm³/mol. The van der Waals surface area contributed by atoms with E-state index < -0.39 is 18.3 Å². The first-order valence-electron chi connectivity index (χ1n) is 8.80. The molecule has 3 rings (SSSR count). The highest BCUT2D eigenvalue weighted by Gasteiger charge is 2.51. The van der Waals surface area contributed by atoms with Gasteiger partial charge in [0, 0.05) is 6.07 Å². The maximum atomic E-state index is 14.1. The van der Waals surface area contributed by atoms with E-state index in [0.717, 1.165) is 19.3 Å². The van der Waals surface area contributed by atoms with Crippen LogP contribution in [0.15, 0.2) is 18.2 Å². The zero-order chi connectivity index (χ0) is 17.8. The minimum absolute atomic E-state index is 0.146. The summed E-state index contributed by atoms with van der Waals surface area (Å²) in [4.78, 5) is 0. The van der Waals surface area contributed by atoms with Crippen LogP contribution in [0.1, 0.15) is 60.8 Å². The van der Waals surface area contributed by atoms with Gasteiger partial charge in [-0.25, -0.2) is 4.39 Å². The number of halogens is 1. The summed E-state index contributed by atoms with van der Waals surface area (Å²) in [5.74, 6) is 0.233. The van der Waals surface area contributed by atoms with Crippen molar-refractivity contribution in [2.45, 2.75) is 78.1 Å². The molecular weight excluding hydrogens is 306 g/mol. The van der Waals surface area contributed by atoms with Crippen LogP contribution in [0, 0.1) is 11.2 Å². The average Bonchev–Trinajstić information content (AvgIpc) is 2.85. The monoisotopic (exact) mass is 334 g/mol. The van der Waals surface area contributed by atoms with Crippen LogP contribution in [-0.4, -0.2) is 24.4 Å². The third kappa shape index (κ3) is 3.47. The Morgan fingerprint density at radius 1 is 1.04 bits per heavy atom. The molecule has 1 saturated heterocycles. The number of hydrogen-bond donors (Lipinski definition) is 0. The van der Waals surface area contributed by atoms with Crippen molar-refractivity contribution in [3.8, 4) is 5.75 Å². The Bertz CT molecular complexity index is 611. The first kappa shape index (κ1) is 17.7. The lowest BCUT2D eigenvalue weighted by Crippen LogP contribution is -2.41. The minimum atomic E-state index is -0.576. The lowest BCUT2D eigenvalue weighted by Gasteiger charge is -2.32. The van der Waals surface area contributed by atoms with Gasteiger partial charge in [0.15, 0.2) is 0 Å². The molecule has 1 aromatic rings. The van der Waals surface area contributed by atoms with Gasteiger partial charge in [-0.3, -0.25) is 0 Å². The van der Waals surface area contributed by atoms with Crippen molar-refractivity contribution in [3.63, 3.8) is 0 Å². The molecule has 1 unspecified atom stereocenters. The molecule has 1 aliphatic carbocycles. The Morgan fingerprint density at radius 2 is 1.67 bits per heavy atom. The maximum Gasteiger partial charge on any atom is 0.495 e. The molecule has 132 valence electrons. The van der Waals surface area contributed by atoms with Gasteiger partial charge in [-0.2, -0.15) is 0 Å². The first-order valence-corrected chi connectivity index (χ1v) is 8.80. The Labute approximate surface area is 145 Å². The SMILES string of the molecule is CC1(C)CCC(Oc2cc(F)cc(B3OC(C)(C)C(C)(C)O3)c2)C1. The summed E-state index contributed by atoms with van der Waals surface area (Å²) in [5, 5.41) is 0. The van der Waals surface area contributed by atoms with E-state index in [0.29, 0.717) is 16.6 Å². The van der Waals surface area contributed by atoms with Gasteiger partial charge in [0.2, 0.25) is 0 Å². The molecule has 24 heavy (non-hydrogen) atoms. The molecule has 0 radical (unpaired) electrons. The summed E-state index contributed by atoms with van der Waals surface area (Å²) >= 11 is 0. The van der Waals surface area contributed by atoms with Crippen LogP contribution in [0.3, 0.4) is 0 Å². The number of benzene rings is 1. The summed E-state index contributed by atoms with van der Waals surface area (Å²) in [6.45, 7) is 12.5. The van der Waals surface area contributed by atoms with Crippen molar-refractivity contribution < 1.29 is 18.4 Å². The van der Waals surface area contributed by atoms with Crippen LogP contribution < -0.4 is 10.2 Å². The van der Waals surface area contributed by atoms with E-state index in [4.69, 9.17) is 14.0 Å². The average molecular weight is 334 g/mol. The molecule has 0 spiro atoms. The van der Waals surface area contributed by atoms with E-state index in [2.05, 4.69) is 13.8 Å². The highest BCUT2D eigenvalue weighted by atomic mass is 19.1. The molecule has 1 aromatic carbocycles. The molecule has 0 amide bonds. The third-order valence-electron chi connectivity index (χ3n) is 5.65. The molecule has 1 aliphatic heterocycles. The number of ether oxygens (including phenoxy) is 1. The van der Waals surface area contributed by atoms with Crippen molar-refractivity contribution in [2.24, 2.45) is 5.41 Å². The summed E-state index contributed by atoms with van der Waals surface area (Å²) in [5.41, 5.74) is 0.0777. The molecule has 1 atom stereocenters. The van der Waals surface area contributed by atoms with Gasteiger partial charge in [0.05, 0.1) is 17.3 Å². The zero-order valence-electron chi connectivity index (χ0n) is 15.6. The van der Waals surface area contributed by atoms with Gasteiger partial charge < -0.3 is 14.0 Å². The van der Waals surface area contributed by atoms with Gasteiger partial charge in [0.1, 0.15) is 11.6 Å². The summed E-state index contributed by atoms with van der Waals surface area (Å²) < 4.78 is 32.2. The van der Waals surface area contributed by atoms with Gasteiger partial charge >= 0.3 is 7.12 Å². The van der Waals surface area contributed by atoms with Crippen molar-refractivity contribution in [3.05, 3.63) is 24.0 Å². The van der Waals surface area contributed by atoms with Crippen LogP contribution in [0.4, 0.5) is 4.39 Å². The van der Waals surface area contributed by atoms with Gasteiger partial charge in [-0.1, -0.05) is 13.8 Å². The molecule has 2 fully saturated rings. The van der Waals surface area contributed by atoms with E-state index in [1.165, 1.54) is 12.1 Å². The molecule has 1 heterocycles. The van der Waals surface area contributed by atoms with E-state index in [1.54, 1.807) is 0 Å². The minimum Gasteiger partial charge on any atom is -0.490 e. The molecule has 0 aromatic heterocycles. The van der Waals surface area contributed by atoms with Gasteiger partial charge in [-0.05, 0) is 70.0 Å². The van der Waals surface area contributed by atoms with Gasteiger partial charge in [0.25, 0.3) is 0 Å². The predicted octanol–water partition coefficient (Wildman–Crippen LogP) is 4.08. The molecule has 0 bridgehead atoms. The van der Waals surface area contributed by atoms with Gasteiger partial charge in [-0.15, -0.1) is 0 Å². The fourth-order valence-corrected chi connectivity index (χ4v) is 3.43. The summed E-state index contributed by atoms with van der Waals surface area (Å²) in [6, 6.07) is 4.75. The second-order valence-electron chi connectivity index (χ2n) is 8.96. The molecule has 5 heteroatoms. The van der Waals surface area contributed by atoms with Crippen LogP contribution >= 0.6 is 0 Å². The fraction of sp³-hybridized carbons (Fsp3) is 0.684. The van der Waals surface area contributed by atoms with Crippen molar-refractivity contribution in [1.82, 2.24) is 0 Å². The van der Waals surface area contributed by atoms with Crippen molar-refractivity contribution in [1.29, 1.82) is 0 Å². The lowest BCUT2D eigenvalue weighted by atomic mass is 9.79. The molecule has 3 nitrogen and oxygen atoms in total. The Morgan fingerprint density at radius 3 is 2.21 bits per heavy atom. The standard InChI is InChI=1S/C19H28BFO3/c1-17(2)8-7-15(12-17)22-16-10-13(9-14(21)11-16)20-23-18(3,4)19(5,6)24-20/h9-11,15H,7-8,12H2,1-6H3. The van der Waals surface area contributed by atoms with E-state index in [9.17, 15) is 4.39 Å². The van der Waals surface area contributed by atoms with E-state index >= 15 is 0 Å². The topological polar surface area (TPSA) is 27.7 Å². The van der Waals surface area contributed by atoms with Crippen LogP contribution in [-0.2, 0) is 9.31 Å². The zero-order valence-corrected chi connectivity index (χ0v) is 15.6. The smallest absolute Gasteiger partial charge is 0.490 e. The summed E-state index contributed by atoms with van der Waals surface area (Å²) in [6.07, 6.45) is 3.29. The highest BCUT2D eigenvalue weighted by Crippen LogP contribution is 2.39. The Balaban J connectivity index is 1.78. The second-order valence-corrected chi connectivity index (χ2v) is 8.96. The molecule has 2 aliphatic rings. The van der Waals surface area contributed by atoms with E-state index in [-0.39, 0.29) is 11.9 Å². The molecular formula is C19H28BFO3. The van der Waals surface area contributed by atoms with Crippen molar-refractivity contribution in [2.75, 3.05) is 0 Å². The number of rotatable bonds is 3. The first-order chi connectivity index (χ1) is 11.0. The van der Waals surface area contributed by atoms with Crippen LogP contribution in [0.2, 0.25) is 0 Å². The third-order valence-corrected chi connectivity index (χ3v) is 5.65. The van der Waals surface area contributed by atoms with Crippen molar-refractivity contribution >= 4 is 12.6 Å². The molecule has 1 saturated carbocycles. The molecule has 0 N–H and O–H groups in total. The maximum absolute atomic E-state index is 14.1. The Hall–Kier alpha value is -1.07. The fourth-order valence-electron chi connectivity index (χ4n) is 3.43. The lowest BCUT2D eigenvalue weighted by molar-refractivity contribution is 0.00578. The number of hydrogen-bond acceptors (Lipinski definition) is 3. The quantitative estimate of drug-likeness (QED) is 0.780.